The lowest BCUT2D eigenvalue weighted by Gasteiger charge is -2.26. The number of fused-ring (bicyclic) bond motifs is 1. The van der Waals surface area contributed by atoms with E-state index in [9.17, 15) is 23.5 Å². The molecule has 0 aliphatic carbocycles. The highest BCUT2D eigenvalue weighted by Crippen LogP contribution is 2.42. The first-order valence-corrected chi connectivity index (χ1v) is 9.75. The topological polar surface area (TPSA) is 70.8 Å². The second-order valence-electron chi connectivity index (χ2n) is 7.35. The molecule has 0 bridgehead atoms. The number of hydrogen-bond donors (Lipinski definition) is 1. The molecule has 4 aromatic rings. The molecule has 1 amide bonds. The van der Waals surface area contributed by atoms with Crippen molar-refractivity contribution in [2.24, 2.45) is 0 Å². The molecule has 3 aromatic carbocycles. The van der Waals surface area contributed by atoms with Crippen LogP contribution in [0.4, 0.5) is 14.5 Å². The van der Waals surface area contributed by atoms with Crippen LogP contribution in [0.1, 0.15) is 22.2 Å². The maximum absolute atomic E-state index is 13.9. The third kappa shape index (κ3) is 3.15. The van der Waals surface area contributed by atoms with E-state index in [0.29, 0.717) is 16.5 Å². The molecule has 7 heteroatoms. The number of carbonyl (C=O) groups is 2. The summed E-state index contributed by atoms with van der Waals surface area (Å²) in [5.74, 6) is -3.49. The summed E-state index contributed by atoms with van der Waals surface area (Å²) in [7, 11) is 0. The molecular weight excluding hydrogens is 416 g/mol. The molecule has 1 aromatic heterocycles. The fourth-order valence-corrected chi connectivity index (χ4v) is 3.92. The predicted octanol–water partition coefficient (Wildman–Crippen LogP) is 5.49. The van der Waals surface area contributed by atoms with Crippen molar-refractivity contribution in [3.8, 4) is 0 Å². The molecule has 1 aliphatic rings. The molecule has 0 fully saturated rings. The van der Waals surface area contributed by atoms with Crippen LogP contribution in [0.25, 0.3) is 11.0 Å². The normalized spacial score (nSPS) is 16.2. The van der Waals surface area contributed by atoms with Gasteiger partial charge in [-0.1, -0.05) is 36.4 Å². The highest BCUT2D eigenvalue weighted by Gasteiger charge is 2.45. The Kier molecular flexibility index (Phi) is 4.59. The van der Waals surface area contributed by atoms with Crippen molar-refractivity contribution in [1.29, 1.82) is 0 Å². The summed E-state index contributed by atoms with van der Waals surface area (Å²) in [6.07, 6.45) is 0. The van der Waals surface area contributed by atoms with Gasteiger partial charge in [0, 0.05) is 11.1 Å². The smallest absolute Gasteiger partial charge is 0.294 e. The van der Waals surface area contributed by atoms with Gasteiger partial charge in [-0.15, -0.1) is 0 Å². The first kappa shape index (κ1) is 19.7. The highest BCUT2D eigenvalue weighted by atomic mass is 19.1. The molecule has 1 unspecified atom stereocenters. The average molecular weight is 431 g/mol. The van der Waals surface area contributed by atoms with Gasteiger partial charge < -0.3 is 9.52 Å². The maximum atomic E-state index is 13.9. The Balaban J connectivity index is 1.67. The number of Topliss-reactive ketones (excluding diaryl/α,β-unsaturated/α-hetero) is 1. The standard InChI is InChI=1S/C25H15F2NO4/c26-16-10-8-14(9-11-16)22-21(23(29)20-12-15-4-1-2-7-19(15)32-20)24(30)25(31)28(22)18-6-3-5-17(27)13-18/h1-13,22,30H. The van der Waals surface area contributed by atoms with Gasteiger partial charge in [0.15, 0.2) is 11.5 Å². The minimum atomic E-state index is -1.11. The Labute approximate surface area is 180 Å². The Morgan fingerprint density at radius 1 is 0.906 bits per heavy atom. The van der Waals surface area contributed by atoms with Crippen LogP contribution < -0.4 is 4.90 Å². The molecule has 158 valence electrons. The lowest BCUT2D eigenvalue weighted by atomic mass is 9.94. The molecule has 0 spiro atoms. The van der Waals surface area contributed by atoms with Crippen LogP contribution in [0.3, 0.4) is 0 Å². The number of ketones is 1. The molecule has 5 rings (SSSR count). The van der Waals surface area contributed by atoms with E-state index < -0.39 is 35.1 Å². The first-order valence-electron chi connectivity index (χ1n) is 9.75. The number of rotatable bonds is 4. The Morgan fingerprint density at radius 3 is 2.38 bits per heavy atom. The molecular formula is C25H15F2NO4. The molecule has 1 N–H and O–H groups in total. The van der Waals surface area contributed by atoms with Gasteiger partial charge in [-0.2, -0.15) is 0 Å². The van der Waals surface area contributed by atoms with E-state index in [-0.39, 0.29) is 17.0 Å². The lowest BCUT2D eigenvalue weighted by Crippen LogP contribution is -2.31. The summed E-state index contributed by atoms with van der Waals surface area (Å²) in [5.41, 5.74) is 0.751. The summed E-state index contributed by atoms with van der Waals surface area (Å²) in [6, 6.07) is 17.8. The number of para-hydroxylation sites is 1. The van der Waals surface area contributed by atoms with Gasteiger partial charge in [0.2, 0.25) is 5.78 Å². The number of nitrogens with zero attached hydrogens (tertiary/aromatic N) is 1. The van der Waals surface area contributed by atoms with E-state index in [1.807, 2.05) is 0 Å². The van der Waals surface area contributed by atoms with Gasteiger partial charge in [-0.05, 0) is 48.0 Å². The van der Waals surface area contributed by atoms with Crippen molar-refractivity contribution >= 4 is 28.3 Å². The van der Waals surface area contributed by atoms with Crippen LogP contribution in [0.15, 0.2) is 94.6 Å². The maximum Gasteiger partial charge on any atom is 0.294 e. The largest absolute Gasteiger partial charge is 0.503 e. The summed E-state index contributed by atoms with van der Waals surface area (Å²) in [4.78, 5) is 27.6. The first-order chi connectivity index (χ1) is 15.4. The number of furan rings is 1. The Hall–Kier alpha value is -4.26. The monoisotopic (exact) mass is 431 g/mol. The summed E-state index contributed by atoms with van der Waals surface area (Å²) in [5, 5.41) is 11.4. The summed E-state index contributed by atoms with van der Waals surface area (Å²) >= 11 is 0. The second kappa shape index (κ2) is 7.46. The van der Waals surface area contributed by atoms with E-state index in [0.717, 1.165) is 11.0 Å². The summed E-state index contributed by atoms with van der Waals surface area (Å²) in [6.45, 7) is 0. The van der Waals surface area contributed by atoms with Crippen molar-refractivity contribution < 1.29 is 27.9 Å². The zero-order valence-corrected chi connectivity index (χ0v) is 16.5. The average Bonchev–Trinajstić information content (AvgIpc) is 3.33. The Bertz CT molecular complexity index is 1370. The number of halogens is 2. The summed E-state index contributed by atoms with van der Waals surface area (Å²) < 4.78 is 33.1. The third-order valence-electron chi connectivity index (χ3n) is 5.37. The van der Waals surface area contributed by atoms with Gasteiger partial charge in [-0.25, -0.2) is 8.78 Å². The van der Waals surface area contributed by atoms with E-state index in [2.05, 4.69) is 0 Å². The van der Waals surface area contributed by atoms with E-state index >= 15 is 0 Å². The molecule has 32 heavy (non-hydrogen) atoms. The van der Waals surface area contributed by atoms with Crippen molar-refractivity contribution in [1.82, 2.24) is 0 Å². The number of aliphatic hydroxyl groups is 1. The van der Waals surface area contributed by atoms with Crippen LogP contribution >= 0.6 is 0 Å². The number of anilines is 1. The quantitative estimate of drug-likeness (QED) is 0.434. The number of carbonyl (C=O) groups excluding carboxylic acids is 2. The number of hydrogen-bond acceptors (Lipinski definition) is 4. The van der Waals surface area contributed by atoms with Crippen LogP contribution in [-0.2, 0) is 4.79 Å². The van der Waals surface area contributed by atoms with Crippen LogP contribution in [-0.4, -0.2) is 16.8 Å². The van der Waals surface area contributed by atoms with Crippen molar-refractivity contribution in [3.63, 3.8) is 0 Å². The van der Waals surface area contributed by atoms with E-state index in [1.54, 1.807) is 24.3 Å². The molecule has 5 nitrogen and oxygen atoms in total. The van der Waals surface area contributed by atoms with E-state index in [1.165, 1.54) is 48.5 Å². The number of aliphatic hydroxyl groups excluding tert-OH is 1. The minimum absolute atomic E-state index is 0.0613. The van der Waals surface area contributed by atoms with Crippen molar-refractivity contribution in [3.05, 3.63) is 113 Å². The van der Waals surface area contributed by atoms with Gasteiger partial charge in [0.05, 0.1) is 11.6 Å². The molecule has 0 saturated heterocycles. The molecule has 0 saturated carbocycles. The molecule has 0 radical (unpaired) electrons. The van der Waals surface area contributed by atoms with Crippen LogP contribution in [0.2, 0.25) is 0 Å². The highest BCUT2D eigenvalue weighted by molar-refractivity contribution is 6.20. The number of benzene rings is 3. The lowest BCUT2D eigenvalue weighted by molar-refractivity contribution is -0.117. The zero-order valence-electron chi connectivity index (χ0n) is 16.5. The second-order valence-corrected chi connectivity index (χ2v) is 7.35. The van der Waals surface area contributed by atoms with Crippen molar-refractivity contribution in [2.75, 3.05) is 4.90 Å². The minimum Gasteiger partial charge on any atom is -0.503 e. The molecule has 2 heterocycles. The van der Waals surface area contributed by atoms with E-state index in [4.69, 9.17) is 4.42 Å². The van der Waals surface area contributed by atoms with Gasteiger partial charge in [0.1, 0.15) is 17.2 Å². The van der Waals surface area contributed by atoms with Crippen LogP contribution in [0, 0.1) is 11.6 Å². The molecule has 1 aliphatic heterocycles. The van der Waals surface area contributed by atoms with Gasteiger partial charge in [-0.3, -0.25) is 14.5 Å². The fraction of sp³-hybridized carbons (Fsp3) is 0.0400. The molecule has 1 atom stereocenters. The third-order valence-corrected chi connectivity index (χ3v) is 5.37. The fourth-order valence-electron chi connectivity index (χ4n) is 3.92. The van der Waals surface area contributed by atoms with Crippen molar-refractivity contribution in [2.45, 2.75) is 6.04 Å². The van der Waals surface area contributed by atoms with Gasteiger partial charge in [0.25, 0.3) is 5.91 Å². The zero-order chi connectivity index (χ0) is 22.4. The van der Waals surface area contributed by atoms with Gasteiger partial charge >= 0.3 is 0 Å². The predicted molar refractivity (Wildman–Crippen MR) is 113 cm³/mol. The SMILES string of the molecule is O=C(C1=C(O)C(=O)N(c2cccc(F)c2)C1c1ccc(F)cc1)c1cc2ccccc2o1. The Morgan fingerprint density at radius 2 is 1.66 bits per heavy atom. The number of amides is 1. The van der Waals surface area contributed by atoms with Crippen LogP contribution in [0.5, 0.6) is 0 Å².